The molecular formula is C15H19N7O6S. The first kappa shape index (κ1) is 22.2. The lowest BCUT2D eigenvalue weighted by Crippen LogP contribution is -2.50. The largest absolute Gasteiger partial charge is 0.480 e. The number of aromatic nitrogens is 4. The van der Waals surface area contributed by atoms with Gasteiger partial charge in [0, 0.05) is 12.2 Å². The quantitative estimate of drug-likeness (QED) is 0.215. The molecule has 2 heterocycles. The van der Waals surface area contributed by atoms with Gasteiger partial charge in [0.05, 0.1) is 12.4 Å². The van der Waals surface area contributed by atoms with Crippen LogP contribution in [0.2, 0.25) is 0 Å². The normalized spacial score (nSPS) is 13.0. The number of nitrogens with two attached hydrogens (primary N) is 2. The van der Waals surface area contributed by atoms with Crippen molar-refractivity contribution in [1.82, 2.24) is 24.8 Å². The molecule has 0 saturated heterocycles. The second kappa shape index (κ2) is 9.90. The molecule has 14 heteroatoms. The van der Waals surface area contributed by atoms with Crippen molar-refractivity contribution in [3.8, 4) is 0 Å². The summed E-state index contributed by atoms with van der Waals surface area (Å²) in [4.78, 5) is 62.0. The Hall–Kier alpha value is -3.10. The Morgan fingerprint density at radius 2 is 1.86 bits per heavy atom. The number of imide groups is 1. The highest BCUT2D eigenvalue weighted by Gasteiger charge is 2.29. The zero-order valence-electron chi connectivity index (χ0n) is 15.0. The van der Waals surface area contributed by atoms with E-state index in [0.29, 0.717) is 21.1 Å². The Kier molecular flexibility index (Phi) is 7.58. The summed E-state index contributed by atoms with van der Waals surface area (Å²) in [5.41, 5.74) is 12.2. The molecule has 13 nitrogen and oxygen atoms in total. The van der Waals surface area contributed by atoms with E-state index in [1.807, 2.05) is 0 Å². The molecule has 0 aliphatic rings. The second-order valence-corrected chi connectivity index (χ2v) is 6.90. The van der Waals surface area contributed by atoms with Gasteiger partial charge < -0.3 is 26.7 Å². The predicted octanol–water partition coefficient (Wildman–Crippen LogP) is -1.60. The first-order chi connectivity index (χ1) is 13.7. The molecule has 0 spiro atoms. The van der Waals surface area contributed by atoms with E-state index in [1.54, 1.807) is 0 Å². The smallest absolute Gasteiger partial charge is 0.323 e. The van der Waals surface area contributed by atoms with Gasteiger partial charge in [-0.05, 0) is 6.42 Å². The van der Waals surface area contributed by atoms with Crippen LogP contribution in [0.3, 0.4) is 0 Å². The Balaban J connectivity index is 2.03. The number of carbonyl (C=O) groups is 4. The average Bonchev–Trinajstić information content (AvgIpc) is 3.16. The molecule has 0 fully saturated rings. The number of amides is 2. The molecule has 0 unspecified atom stereocenters. The van der Waals surface area contributed by atoms with Crippen molar-refractivity contribution in [2.24, 2.45) is 11.5 Å². The number of rotatable bonds is 10. The van der Waals surface area contributed by atoms with Crippen LogP contribution < -0.4 is 11.5 Å². The van der Waals surface area contributed by atoms with Crippen LogP contribution in [-0.4, -0.2) is 83.2 Å². The summed E-state index contributed by atoms with van der Waals surface area (Å²) in [6.45, 7) is -0.892. The van der Waals surface area contributed by atoms with Crippen LogP contribution in [0, 0.1) is 0 Å². The molecule has 0 bridgehead atoms. The molecule has 2 rings (SSSR count). The monoisotopic (exact) mass is 425 g/mol. The maximum Gasteiger partial charge on any atom is 0.323 e. The lowest BCUT2D eigenvalue weighted by Gasteiger charge is -2.22. The van der Waals surface area contributed by atoms with E-state index in [0.717, 1.165) is 11.8 Å². The fourth-order valence-electron chi connectivity index (χ4n) is 2.25. The highest BCUT2D eigenvalue weighted by molar-refractivity contribution is 7.99. The summed E-state index contributed by atoms with van der Waals surface area (Å²) < 4.78 is 0. The molecule has 2 amide bonds. The molecule has 2 aromatic rings. The van der Waals surface area contributed by atoms with Gasteiger partial charge in [0.25, 0.3) is 0 Å². The molecule has 0 radical (unpaired) electrons. The molecule has 0 saturated carbocycles. The van der Waals surface area contributed by atoms with Gasteiger partial charge in [0.1, 0.15) is 29.5 Å². The molecule has 0 aliphatic carbocycles. The fourth-order valence-corrected chi connectivity index (χ4v) is 3.15. The third-order valence-electron chi connectivity index (χ3n) is 3.75. The average molecular weight is 425 g/mol. The van der Waals surface area contributed by atoms with Crippen LogP contribution in [0.4, 0.5) is 0 Å². The Labute approximate surface area is 167 Å². The van der Waals surface area contributed by atoms with Crippen molar-refractivity contribution < 1.29 is 29.4 Å². The maximum atomic E-state index is 12.5. The molecule has 2 aromatic heterocycles. The van der Waals surface area contributed by atoms with Crippen molar-refractivity contribution >= 4 is 46.7 Å². The van der Waals surface area contributed by atoms with Gasteiger partial charge in [-0.1, -0.05) is 0 Å². The van der Waals surface area contributed by atoms with E-state index in [2.05, 4.69) is 19.9 Å². The van der Waals surface area contributed by atoms with Gasteiger partial charge in [-0.2, -0.15) is 0 Å². The Morgan fingerprint density at radius 1 is 1.14 bits per heavy atom. The number of imidazole rings is 1. The summed E-state index contributed by atoms with van der Waals surface area (Å²) in [6, 6.07) is -2.51. The minimum atomic E-state index is -1.41. The number of hydrogen-bond acceptors (Lipinski definition) is 10. The standard InChI is InChI=1S/C15H19N7O6S/c16-7(15(27)28)1-2-9(23)22(3-10(24)25)14(26)8(17)4-29-13-11-12(19-5-18-11)20-6-21-13/h5-8H,1-4,16-17H2,(H,24,25)(H,27,28)(H,18,19,20,21)/t7-,8-/m0/s1. The summed E-state index contributed by atoms with van der Waals surface area (Å²) in [6.07, 6.45) is 2.07. The Bertz CT molecular complexity index is 919. The number of aromatic amines is 1. The number of nitrogens with zero attached hydrogens (tertiary/aromatic N) is 4. The summed E-state index contributed by atoms with van der Waals surface area (Å²) in [5, 5.41) is 18.2. The second-order valence-electron chi connectivity index (χ2n) is 5.89. The van der Waals surface area contributed by atoms with Crippen molar-refractivity contribution in [3.05, 3.63) is 12.7 Å². The van der Waals surface area contributed by atoms with Crippen molar-refractivity contribution in [2.75, 3.05) is 12.3 Å². The van der Waals surface area contributed by atoms with E-state index in [1.165, 1.54) is 12.7 Å². The van der Waals surface area contributed by atoms with Crippen molar-refractivity contribution in [2.45, 2.75) is 30.0 Å². The van der Waals surface area contributed by atoms with Crippen LogP contribution in [0.25, 0.3) is 11.2 Å². The molecular weight excluding hydrogens is 406 g/mol. The fraction of sp³-hybridized carbons (Fsp3) is 0.400. The van der Waals surface area contributed by atoms with E-state index in [4.69, 9.17) is 21.7 Å². The van der Waals surface area contributed by atoms with E-state index in [-0.39, 0.29) is 12.2 Å². The van der Waals surface area contributed by atoms with Gasteiger partial charge in [-0.25, -0.2) is 15.0 Å². The lowest BCUT2D eigenvalue weighted by molar-refractivity contribution is -0.153. The zero-order valence-corrected chi connectivity index (χ0v) is 15.8. The third kappa shape index (κ3) is 5.94. The van der Waals surface area contributed by atoms with E-state index >= 15 is 0 Å². The van der Waals surface area contributed by atoms with E-state index in [9.17, 15) is 19.2 Å². The van der Waals surface area contributed by atoms with Crippen LogP contribution in [0.15, 0.2) is 17.7 Å². The Morgan fingerprint density at radius 3 is 2.52 bits per heavy atom. The van der Waals surface area contributed by atoms with Crippen molar-refractivity contribution in [1.29, 1.82) is 0 Å². The van der Waals surface area contributed by atoms with Gasteiger partial charge in [-0.15, -0.1) is 11.8 Å². The minimum Gasteiger partial charge on any atom is -0.480 e. The summed E-state index contributed by atoms with van der Waals surface area (Å²) >= 11 is 1.11. The molecule has 156 valence electrons. The summed E-state index contributed by atoms with van der Waals surface area (Å²) in [7, 11) is 0. The van der Waals surface area contributed by atoms with Crippen LogP contribution >= 0.6 is 11.8 Å². The number of carbonyl (C=O) groups excluding carboxylic acids is 2. The molecule has 2 atom stereocenters. The van der Waals surface area contributed by atoms with Crippen molar-refractivity contribution in [3.63, 3.8) is 0 Å². The highest BCUT2D eigenvalue weighted by Crippen LogP contribution is 2.22. The molecule has 0 aromatic carbocycles. The van der Waals surface area contributed by atoms with Gasteiger partial charge in [0.15, 0.2) is 5.65 Å². The van der Waals surface area contributed by atoms with Gasteiger partial charge in [-0.3, -0.25) is 24.1 Å². The number of aliphatic carboxylic acids is 2. The van der Waals surface area contributed by atoms with Gasteiger partial charge in [0.2, 0.25) is 11.8 Å². The number of hydrogen-bond donors (Lipinski definition) is 5. The highest BCUT2D eigenvalue weighted by atomic mass is 32.2. The number of carboxylic acid groups (broad SMARTS) is 2. The lowest BCUT2D eigenvalue weighted by atomic mass is 10.1. The molecule has 0 aliphatic heterocycles. The first-order valence-electron chi connectivity index (χ1n) is 8.27. The van der Waals surface area contributed by atoms with Crippen LogP contribution in [-0.2, 0) is 19.2 Å². The SMILES string of the molecule is N[C@@H](CCC(=O)N(CC(=O)O)C(=O)[C@@H](N)CSc1ncnc2nc[nH]c12)C(=O)O. The zero-order chi connectivity index (χ0) is 21.6. The number of H-pyrrole nitrogens is 1. The van der Waals surface area contributed by atoms with Crippen LogP contribution in [0.1, 0.15) is 12.8 Å². The number of thioether (sulfide) groups is 1. The third-order valence-corrected chi connectivity index (χ3v) is 4.86. The van der Waals surface area contributed by atoms with Crippen LogP contribution in [0.5, 0.6) is 0 Å². The van der Waals surface area contributed by atoms with E-state index < -0.39 is 48.8 Å². The predicted molar refractivity (Wildman–Crippen MR) is 99.6 cm³/mol. The number of carboxylic acids is 2. The molecule has 7 N–H and O–H groups in total. The number of fused-ring (bicyclic) bond motifs is 1. The first-order valence-corrected chi connectivity index (χ1v) is 9.26. The summed E-state index contributed by atoms with van der Waals surface area (Å²) in [5.74, 6) is -4.49. The van der Waals surface area contributed by atoms with Gasteiger partial charge >= 0.3 is 11.9 Å². The molecule has 29 heavy (non-hydrogen) atoms. The number of nitrogens with one attached hydrogen (secondary N) is 1. The topological polar surface area (TPSA) is 218 Å². The maximum absolute atomic E-state index is 12.5. The minimum absolute atomic E-state index is 0.00199.